The fourth-order valence-corrected chi connectivity index (χ4v) is 2.28. The molecule has 2 N–H and O–H groups in total. The van der Waals surface area contributed by atoms with Crippen LogP contribution in [-0.4, -0.2) is 30.6 Å². The zero-order valence-electron chi connectivity index (χ0n) is 11.8. The third-order valence-electron chi connectivity index (χ3n) is 3.40. The van der Waals surface area contributed by atoms with E-state index in [-0.39, 0.29) is 11.9 Å². The van der Waals surface area contributed by atoms with Crippen molar-refractivity contribution in [3.8, 4) is 0 Å². The highest BCUT2D eigenvalue weighted by Crippen LogP contribution is 2.16. The van der Waals surface area contributed by atoms with E-state index in [1.807, 2.05) is 18.2 Å². The van der Waals surface area contributed by atoms with Crippen LogP contribution < -0.4 is 10.6 Å². The number of rotatable bonds is 4. The summed E-state index contributed by atoms with van der Waals surface area (Å²) in [5.41, 5.74) is 2.39. The lowest BCUT2D eigenvalue weighted by Gasteiger charge is -2.26. The normalized spacial score (nSPS) is 18.8. The van der Waals surface area contributed by atoms with Crippen molar-refractivity contribution in [2.75, 3.05) is 6.61 Å². The number of benzene rings is 1. The first-order valence-corrected chi connectivity index (χ1v) is 6.89. The molecule has 20 heavy (non-hydrogen) atoms. The topological polar surface area (TPSA) is 67.4 Å². The molecular weight excluding hydrogens is 256 g/mol. The van der Waals surface area contributed by atoms with Crippen LogP contribution in [0.5, 0.6) is 0 Å². The van der Waals surface area contributed by atoms with E-state index in [4.69, 9.17) is 4.74 Å². The molecule has 1 heterocycles. The fraction of sp³-hybridized carbons (Fsp3) is 0.467. The van der Waals surface area contributed by atoms with Gasteiger partial charge in [0.15, 0.2) is 0 Å². The smallest absolute Gasteiger partial charge is 0.328 e. The number of carbonyl (C=O) groups excluding carboxylic acids is 2. The van der Waals surface area contributed by atoms with Gasteiger partial charge in [0, 0.05) is 6.54 Å². The molecule has 1 amide bonds. The van der Waals surface area contributed by atoms with Crippen LogP contribution in [0.15, 0.2) is 24.3 Å². The van der Waals surface area contributed by atoms with E-state index in [1.54, 1.807) is 13.8 Å². The summed E-state index contributed by atoms with van der Waals surface area (Å²) in [6.45, 7) is 4.36. The van der Waals surface area contributed by atoms with Gasteiger partial charge in [-0.1, -0.05) is 24.3 Å². The van der Waals surface area contributed by atoms with Crippen LogP contribution in [0.2, 0.25) is 0 Å². The second kappa shape index (κ2) is 6.52. The standard InChI is InChI=1S/C15H20N2O3/c1-3-20-15(19)10(2)17-14(18)13-8-11-6-4-5-7-12(11)9-16-13/h4-7,10,13,16H,3,8-9H2,1-2H3,(H,17,18)/t10?,13-/m1/s1. The van der Waals surface area contributed by atoms with Crippen molar-refractivity contribution in [3.63, 3.8) is 0 Å². The summed E-state index contributed by atoms with van der Waals surface area (Å²) in [5, 5.41) is 5.88. The third kappa shape index (κ3) is 3.36. The average Bonchev–Trinajstić information content (AvgIpc) is 2.46. The molecule has 0 aromatic heterocycles. The van der Waals surface area contributed by atoms with Crippen LogP contribution in [-0.2, 0) is 27.3 Å². The van der Waals surface area contributed by atoms with Gasteiger partial charge in [0.1, 0.15) is 6.04 Å². The maximum absolute atomic E-state index is 12.1. The summed E-state index contributed by atoms with van der Waals surface area (Å²) < 4.78 is 4.87. The zero-order chi connectivity index (χ0) is 14.5. The molecule has 1 aromatic carbocycles. The Morgan fingerprint density at radius 3 is 2.80 bits per heavy atom. The van der Waals surface area contributed by atoms with E-state index in [0.717, 1.165) is 0 Å². The van der Waals surface area contributed by atoms with Gasteiger partial charge in [-0.05, 0) is 31.4 Å². The van der Waals surface area contributed by atoms with Crippen LogP contribution in [0.3, 0.4) is 0 Å². The molecule has 0 aliphatic carbocycles. The second-order valence-electron chi connectivity index (χ2n) is 4.89. The highest BCUT2D eigenvalue weighted by molar-refractivity contribution is 5.87. The second-order valence-corrected chi connectivity index (χ2v) is 4.89. The lowest BCUT2D eigenvalue weighted by Crippen LogP contribution is -2.51. The van der Waals surface area contributed by atoms with Crippen LogP contribution in [0.1, 0.15) is 25.0 Å². The Morgan fingerprint density at radius 2 is 2.10 bits per heavy atom. The highest BCUT2D eigenvalue weighted by atomic mass is 16.5. The summed E-state index contributed by atoms with van der Waals surface area (Å²) in [5.74, 6) is -0.572. The minimum absolute atomic E-state index is 0.167. The number of amides is 1. The first-order chi connectivity index (χ1) is 9.61. The molecule has 1 aliphatic rings. The Hall–Kier alpha value is -1.88. The fourth-order valence-electron chi connectivity index (χ4n) is 2.28. The number of nitrogens with one attached hydrogen (secondary N) is 2. The Morgan fingerprint density at radius 1 is 1.40 bits per heavy atom. The minimum atomic E-state index is -0.624. The number of esters is 1. The third-order valence-corrected chi connectivity index (χ3v) is 3.40. The molecule has 2 atom stereocenters. The molecule has 5 nitrogen and oxygen atoms in total. The summed E-state index contributed by atoms with van der Waals surface area (Å²) in [6.07, 6.45) is 0.636. The van der Waals surface area contributed by atoms with Gasteiger partial charge in [0.2, 0.25) is 5.91 Å². The predicted octanol–water partition coefficient (Wildman–Crippen LogP) is 0.769. The van der Waals surface area contributed by atoms with Crippen molar-refractivity contribution in [1.29, 1.82) is 0 Å². The number of hydrogen-bond acceptors (Lipinski definition) is 4. The van der Waals surface area contributed by atoms with E-state index in [1.165, 1.54) is 11.1 Å². The molecule has 0 fully saturated rings. The van der Waals surface area contributed by atoms with Crippen molar-refractivity contribution in [2.24, 2.45) is 0 Å². The predicted molar refractivity (Wildman–Crippen MR) is 75.0 cm³/mol. The van der Waals surface area contributed by atoms with Gasteiger partial charge in [0.05, 0.1) is 12.6 Å². The van der Waals surface area contributed by atoms with Crippen molar-refractivity contribution in [3.05, 3.63) is 35.4 Å². The Bertz CT molecular complexity index is 502. The number of fused-ring (bicyclic) bond motifs is 1. The minimum Gasteiger partial charge on any atom is -0.464 e. The van der Waals surface area contributed by atoms with E-state index >= 15 is 0 Å². The van der Waals surface area contributed by atoms with E-state index in [9.17, 15) is 9.59 Å². The summed E-state index contributed by atoms with van der Waals surface area (Å²) in [6, 6.07) is 7.12. The molecular formula is C15H20N2O3. The Kier molecular flexibility index (Phi) is 4.74. The van der Waals surface area contributed by atoms with Crippen LogP contribution in [0.25, 0.3) is 0 Å². The summed E-state index contributed by atoms with van der Waals surface area (Å²) >= 11 is 0. The molecule has 2 rings (SSSR count). The highest BCUT2D eigenvalue weighted by Gasteiger charge is 2.26. The van der Waals surface area contributed by atoms with Gasteiger partial charge in [-0.3, -0.25) is 4.79 Å². The molecule has 5 heteroatoms. The zero-order valence-corrected chi connectivity index (χ0v) is 11.8. The Balaban J connectivity index is 1.93. The summed E-state index contributed by atoms with van der Waals surface area (Å²) in [7, 11) is 0. The van der Waals surface area contributed by atoms with Crippen molar-refractivity contribution < 1.29 is 14.3 Å². The van der Waals surface area contributed by atoms with Crippen molar-refractivity contribution >= 4 is 11.9 Å². The van der Waals surface area contributed by atoms with Crippen LogP contribution >= 0.6 is 0 Å². The van der Waals surface area contributed by atoms with Gasteiger partial charge in [-0.15, -0.1) is 0 Å². The number of ether oxygens (including phenoxy) is 1. The number of carbonyl (C=O) groups is 2. The Labute approximate surface area is 118 Å². The molecule has 0 spiro atoms. The van der Waals surface area contributed by atoms with E-state index in [2.05, 4.69) is 16.7 Å². The van der Waals surface area contributed by atoms with Gasteiger partial charge in [-0.2, -0.15) is 0 Å². The maximum atomic E-state index is 12.1. The maximum Gasteiger partial charge on any atom is 0.328 e. The molecule has 1 aromatic rings. The quantitative estimate of drug-likeness (QED) is 0.797. The molecule has 0 saturated carbocycles. The van der Waals surface area contributed by atoms with Gasteiger partial charge >= 0.3 is 5.97 Å². The first-order valence-electron chi connectivity index (χ1n) is 6.89. The SMILES string of the molecule is CCOC(=O)C(C)NC(=O)[C@H]1Cc2ccccc2CN1. The van der Waals surface area contributed by atoms with Gasteiger partial charge in [0.25, 0.3) is 0 Å². The lowest BCUT2D eigenvalue weighted by molar-refractivity contribution is -0.147. The molecule has 0 bridgehead atoms. The van der Waals surface area contributed by atoms with Crippen LogP contribution in [0.4, 0.5) is 0 Å². The average molecular weight is 276 g/mol. The molecule has 108 valence electrons. The monoisotopic (exact) mass is 276 g/mol. The van der Waals surface area contributed by atoms with Gasteiger partial charge < -0.3 is 15.4 Å². The van der Waals surface area contributed by atoms with E-state index in [0.29, 0.717) is 19.6 Å². The molecule has 1 unspecified atom stereocenters. The number of hydrogen-bond donors (Lipinski definition) is 2. The molecule has 1 aliphatic heterocycles. The molecule has 0 radical (unpaired) electrons. The summed E-state index contributed by atoms with van der Waals surface area (Å²) in [4.78, 5) is 23.6. The molecule has 0 saturated heterocycles. The van der Waals surface area contributed by atoms with Crippen LogP contribution in [0, 0.1) is 0 Å². The van der Waals surface area contributed by atoms with E-state index < -0.39 is 12.0 Å². The van der Waals surface area contributed by atoms with Crippen molar-refractivity contribution in [1.82, 2.24) is 10.6 Å². The van der Waals surface area contributed by atoms with Crippen molar-refractivity contribution in [2.45, 2.75) is 38.9 Å². The van der Waals surface area contributed by atoms with Gasteiger partial charge in [-0.25, -0.2) is 4.79 Å². The lowest BCUT2D eigenvalue weighted by atomic mass is 9.95. The largest absolute Gasteiger partial charge is 0.464 e. The first kappa shape index (κ1) is 14.5.